The van der Waals surface area contributed by atoms with Crippen LogP contribution in [0.3, 0.4) is 0 Å². The molecule has 1 fully saturated rings. The number of benzene rings is 2. The van der Waals surface area contributed by atoms with E-state index in [1.807, 2.05) is 30.7 Å². The van der Waals surface area contributed by atoms with Crippen LogP contribution in [-0.4, -0.2) is 41.3 Å². The summed E-state index contributed by atoms with van der Waals surface area (Å²) in [6, 6.07) is 15.0. The summed E-state index contributed by atoms with van der Waals surface area (Å²) in [6.07, 6.45) is 2.16. The van der Waals surface area contributed by atoms with Crippen molar-refractivity contribution in [2.75, 3.05) is 18.4 Å². The topological polar surface area (TPSA) is 102 Å². The second-order valence-corrected chi connectivity index (χ2v) is 10.6. The van der Waals surface area contributed by atoms with Gasteiger partial charge in [-0.1, -0.05) is 35.4 Å². The Balaban J connectivity index is 1.39. The van der Waals surface area contributed by atoms with Gasteiger partial charge in [0.1, 0.15) is 11.6 Å². The predicted molar refractivity (Wildman–Crippen MR) is 133 cm³/mol. The van der Waals surface area contributed by atoms with E-state index >= 15 is 0 Å². The molecule has 0 aliphatic heterocycles. The first-order valence-electron chi connectivity index (χ1n) is 11.5. The van der Waals surface area contributed by atoms with Gasteiger partial charge < -0.3 is 5.32 Å². The number of nitrogens with zero attached hydrogens (tertiary/aromatic N) is 4. The van der Waals surface area contributed by atoms with Crippen LogP contribution in [0.15, 0.2) is 53.4 Å². The monoisotopic (exact) mass is 476 g/mol. The van der Waals surface area contributed by atoms with Crippen molar-refractivity contribution in [1.82, 2.24) is 24.5 Å². The van der Waals surface area contributed by atoms with Crippen molar-refractivity contribution < 1.29 is 8.42 Å². The van der Waals surface area contributed by atoms with Crippen LogP contribution in [0.5, 0.6) is 0 Å². The highest BCUT2D eigenvalue weighted by molar-refractivity contribution is 7.89. The maximum atomic E-state index is 12.6. The molecule has 176 valence electrons. The van der Waals surface area contributed by atoms with E-state index in [9.17, 15) is 8.42 Å². The van der Waals surface area contributed by atoms with Crippen LogP contribution in [0.25, 0.3) is 16.7 Å². The fraction of sp³-hybridized carbons (Fsp3) is 0.320. The third kappa shape index (κ3) is 4.53. The standard InChI is InChI=1S/C25H28N6O2S/c1-16-4-10-20(11-5-16)31-25-22(18(3)30-31)24(28-23(29-25)19-8-9-19)26-14-15-27-34(32,33)21-12-6-17(2)7-13-21/h4-7,10-13,19,27H,8-9,14-15H2,1-3H3,(H,26,28,29). The van der Waals surface area contributed by atoms with Crippen molar-refractivity contribution in [2.45, 2.75) is 44.4 Å². The van der Waals surface area contributed by atoms with Gasteiger partial charge in [0, 0.05) is 19.0 Å². The Morgan fingerprint density at radius 2 is 1.56 bits per heavy atom. The van der Waals surface area contributed by atoms with E-state index in [-0.39, 0.29) is 11.4 Å². The fourth-order valence-corrected chi connectivity index (χ4v) is 4.92. The van der Waals surface area contributed by atoms with Gasteiger partial charge in [-0.2, -0.15) is 5.10 Å². The second-order valence-electron chi connectivity index (χ2n) is 8.87. The number of aromatic nitrogens is 4. The number of fused-ring (bicyclic) bond motifs is 1. The van der Waals surface area contributed by atoms with Gasteiger partial charge in [0.15, 0.2) is 5.65 Å². The number of anilines is 1. The number of nitrogens with one attached hydrogen (secondary N) is 2. The summed E-state index contributed by atoms with van der Waals surface area (Å²) >= 11 is 0. The van der Waals surface area contributed by atoms with Gasteiger partial charge in [0.2, 0.25) is 10.0 Å². The third-order valence-electron chi connectivity index (χ3n) is 5.98. The highest BCUT2D eigenvalue weighted by Gasteiger charge is 2.29. The average molecular weight is 477 g/mol. The molecule has 1 aliphatic rings. The number of sulfonamides is 1. The maximum absolute atomic E-state index is 12.6. The van der Waals surface area contributed by atoms with E-state index in [0.717, 1.165) is 46.6 Å². The smallest absolute Gasteiger partial charge is 0.240 e. The van der Waals surface area contributed by atoms with Gasteiger partial charge in [-0.15, -0.1) is 0 Å². The molecule has 2 aromatic carbocycles. The normalized spacial score (nSPS) is 14.0. The van der Waals surface area contributed by atoms with Gasteiger partial charge in [-0.05, 0) is 57.9 Å². The van der Waals surface area contributed by atoms with Crippen molar-refractivity contribution in [1.29, 1.82) is 0 Å². The lowest BCUT2D eigenvalue weighted by molar-refractivity contribution is 0.583. The molecule has 5 rings (SSSR count). The van der Waals surface area contributed by atoms with Crippen molar-refractivity contribution >= 4 is 26.9 Å². The highest BCUT2D eigenvalue weighted by Crippen LogP contribution is 2.40. The Hall–Kier alpha value is -3.30. The van der Waals surface area contributed by atoms with Crippen LogP contribution < -0.4 is 10.0 Å². The molecule has 0 unspecified atom stereocenters. The predicted octanol–water partition coefficient (Wildman–Crippen LogP) is 4.01. The lowest BCUT2D eigenvalue weighted by atomic mass is 10.2. The van der Waals surface area contributed by atoms with Crippen molar-refractivity contribution in [2.24, 2.45) is 0 Å². The van der Waals surface area contributed by atoms with E-state index in [2.05, 4.69) is 29.1 Å². The Labute approximate surface area is 199 Å². The SMILES string of the molecule is Cc1ccc(-n2nc(C)c3c(NCCNS(=O)(=O)c4ccc(C)cc4)nc(C4CC4)nc32)cc1. The van der Waals surface area contributed by atoms with Crippen LogP contribution in [0.2, 0.25) is 0 Å². The van der Waals surface area contributed by atoms with Crippen LogP contribution in [0.4, 0.5) is 5.82 Å². The molecule has 1 aliphatic carbocycles. The highest BCUT2D eigenvalue weighted by atomic mass is 32.2. The summed E-state index contributed by atoms with van der Waals surface area (Å²) in [7, 11) is -3.57. The first kappa shape index (κ1) is 22.5. The Bertz CT molecular complexity index is 1440. The Kier molecular flexibility index (Phi) is 5.83. The Morgan fingerprint density at radius 1 is 0.912 bits per heavy atom. The van der Waals surface area contributed by atoms with E-state index in [1.54, 1.807) is 24.3 Å². The molecule has 4 aromatic rings. The molecule has 0 radical (unpaired) electrons. The molecular formula is C25H28N6O2S. The maximum Gasteiger partial charge on any atom is 0.240 e. The number of hydrogen-bond donors (Lipinski definition) is 2. The average Bonchev–Trinajstić information content (AvgIpc) is 3.61. The molecule has 1 saturated carbocycles. The van der Waals surface area contributed by atoms with Gasteiger partial charge in [0.05, 0.1) is 21.7 Å². The van der Waals surface area contributed by atoms with E-state index < -0.39 is 10.0 Å². The second kappa shape index (κ2) is 8.81. The summed E-state index contributed by atoms with van der Waals surface area (Å²) in [5.74, 6) is 1.87. The molecule has 9 heteroatoms. The number of rotatable bonds is 8. The summed E-state index contributed by atoms with van der Waals surface area (Å²) in [4.78, 5) is 9.92. The molecule has 0 spiro atoms. The van der Waals surface area contributed by atoms with Crippen LogP contribution in [0, 0.1) is 20.8 Å². The van der Waals surface area contributed by atoms with Gasteiger partial charge >= 0.3 is 0 Å². The molecule has 2 aromatic heterocycles. The van der Waals surface area contributed by atoms with Crippen molar-refractivity contribution in [3.05, 3.63) is 71.2 Å². The summed E-state index contributed by atoms with van der Waals surface area (Å²) < 4.78 is 29.7. The molecular weight excluding hydrogens is 448 g/mol. The molecule has 0 saturated heterocycles. The molecule has 8 nitrogen and oxygen atoms in total. The van der Waals surface area contributed by atoms with Gasteiger partial charge in [-0.25, -0.2) is 27.8 Å². The van der Waals surface area contributed by atoms with Crippen molar-refractivity contribution in [3.63, 3.8) is 0 Å². The third-order valence-corrected chi connectivity index (χ3v) is 7.46. The lowest BCUT2D eigenvalue weighted by Crippen LogP contribution is -2.29. The van der Waals surface area contributed by atoms with Crippen LogP contribution in [0.1, 0.15) is 41.4 Å². The lowest BCUT2D eigenvalue weighted by Gasteiger charge is -2.11. The van der Waals surface area contributed by atoms with Crippen LogP contribution in [-0.2, 0) is 10.0 Å². The van der Waals surface area contributed by atoms with Crippen LogP contribution >= 0.6 is 0 Å². The van der Waals surface area contributed by atoms with E-state index in [0.29, 0.717) is 18.3 Å². The van der Waals surface area contributed by atoms with Gasteiger partial charge in [0.25, 0.3) is 0 Å². The zero-order chi connectivity index (χ0) is 23.9. The number of aryl methyl sites for hydroxylation is 3. The van der Waals surface area contributed by atoms with E-state index in [4.69, 9.17) is 15.1 Å². The quantitative estimate of drug-likeness (QED) is 0.373. The fourth-order valence-electron chi connectivity index (χ4n) is 3.88. The zero-order valence-electron chi connectivity index (χ0n) is 19.5. The zero-order valence-corrected chi connectivity index (χ0v) is 20.4. The molecule has 2 N–H and O–H groups in total. The minimum absolute atomic E-state index is 0.228. The number of hydrogen-bond acceptors (Lipinski definition) is 6. The van der Waals surface area contributed by atoms with Crippen molar-refractivity contribution in [3.8, 4) is 5.69 Å². The first-order chi connectivity index (χ1) is 16.3. The summed E-state index contributed by atoms with van der Waals surface area (Å²) in [5, 5.41) is 8.93. The van der Waals surface area contributed by atoms with Gasteiger partial charge in [-0.3, -0.25) is 0 Å². The van der Waals surface area contributed by atoms with E-state index in [1.165, 1.54) is 5.56 Å². The minimum Gasteiger partial charge on any atom is -0.368 e. The molecule has 0 amide bonds. The summed E-state index contributed by atoms with van der Waals surface area (Å²) in [6.45, 7) is 6.54. The molecule has 0 atom stereocenters. The molecule has 0 bridgehead atoms. The summed E-state index contributed by atoms with van der Waals surface area (Å²) in [5.41, 5.74) is 4.73. The minimum atomic E-state index is -3.57. The largest absolute Gasteiger partial charge is 0.368 e. The Morgan fingerprint density at radius 3 is 2.21 bits per heavy atom. The molecule has 34 heavy (non-hydrogen) atoms. The molecule has 2 heterocycles. The first-order valence-corrected chi connectivity index (χ1v) is 12.9.